The second-order valence-corrected chi connectivity index (χ2v) is 10.7. The predicted molar refractivity (Wildman–Crippen MR) is 181 cm³/mol. The molecule has 1 aliphatic rings. The summed E-state index contributed by atoms with van der Waals surface area (Å²) in [6.45, 7) is 7.83. The third kappa shape index (κ3) is 5.29. The number of fused-ring (bicyclic) bond motifs is 2. The Hall–Kier alpha value is -5.54. The van der Waals surface area contributed by atoms with Gasteiger partial charge in [-0.2, -0.15) is 0 Å². The van der Waals surface area contributed by atoms with E-state index in [9.17, 15) is 0 Å². The summed E-state index contributed by atoms with van der Waals surface area (Å²) in [5.41, 5.74) is 11.6. The van der Waals surface area contributed by atoms with Crippen LogP contribution in [0.3, 0.4) is 0 Å². The third-order valence-corrected chi connectivity index (χ3v) is 8.01. The van der Waals surface area contributed by atoms with Gasteiger partial charge in [0.25, 0.3) is 0 Å². The monoisotopic (exact) mass is 554 g/mol. The number of hydrogen-bond acceptors (Lipinski definition) is 3. The molecule has 0 aliphatic heterocycles. The number of nitrogens with zero attached hydrogens (tertiary/aromatic N) is 2. The molecule has 0 saturated carbocycles. The molecule has 0 fully saturated rings. The van der Waals surface area contributed by atoms with Crippen molar-refractivity contribution in [2.45, 2.75) is 12.8 Å². The summed E-state index contributed by atoms with van der Waals surface area (Å²) >= 11 is 0. The van der Waals surface area contributed by atoms with Crippen molar-refractivity contribution in [2.24, 2.45) is 4.99 Å². The van der Waals surface area contributed by atoms with Crippen molar-refractivity contribution < 1.29 is 4.42 Å². The highest BCUT2D eigenvalue weighted by Crippen LogP contribution is 2.34. The maximum absolute atomic E-state index is 6.22. The molecule has 0 bridgehead atoms. The molecule has 0 unspecified atom stereocenters. The van der Waals surface area contributed by atoms with Crippen LogP contribution >= 0.6 is 0 Å². The van der Waals surface area contributed by atoms with E-state index in [1.807, 2.05) is 12.1 Å². The lowest BCUT2D eigenvalue weighted by Crippen LogP contribution is -1.96. The number of aliphatic imine (C=N–C) groups is 1. The molecule has 0 N–H and O–H groups in total. The van der Waals surface area contributed by atoms with Gasteiger partial charge in [-0.1, -0.05) is 110 Å². The van der Waals surface area contributed by atoms with Gasteiger partial charge in [-0.25, -0.2) is 4.98 Å². The van der Waals surface area contributed by atoms with Gasteiger partial charge in [-0.15, -0.1) is 0 Å². The summed E-state index contributed by atoms with van der Waals surface area (Å²) in [4.78, 5) is 9.02. The van der Waals surface area contributed by atoms with Crippen LogP contribution in [0.4, 0.5) is 0 Å². The molecule has 7 rings (SSSR count). The summed E-state index contributed by atoms with van der Waals surface area (Å²) < 4.78 is 6.22. The summed E-state index contributed by atoms with van der Waals surface area (Å²) in [6.07, 6.45) is 9.67. The Balaban J connectivity index is 1.16. The van der Waals surface area contributed by atoms with Crippen molar-refractivity contribution >= 4 is 33.7 Å². The lowest BCUT2D eigenvalue weighted by molar-refractivity contribution is 0.620. The number of oxazole rings is 1. The molecule has 1 heterocycles. The quantitative estimate of drug-likeness (QED) is 0.184. The molecule has 0 amide bonds. The van der Waals surface area contributed by atoms with E-state index in [0.717, 1.165) is 51.8 Å². The normalized spacial score (nSPS) is 13.3. The topological polar surface area (TPSA) is 38.4 Å². The van der Waals surface area contributed by atoms with E-state index in [1.165, 1.54) is 39.2 Å². The van der Waals surface area contributed by atoms with E-state index in [1.54, 1.807) is 6.21 Å². The second-order valence-electron chi connectivity index (χ2n) is 10.7. The van der Waals surface area contributed by atoms with Crippen molar-refractivity contribution in [1.29, 1.82) is 0 Å². The van der Waals surface area contributed by atoms with Crippen molar-refractivity contribution in [3.8, 4) is 33.7 Å². The van der Waals surface area contributed by atoms with E-state index >= 15 is 0 Å². The first-order valence-corrected chi connectivity index (χ1v) is 14.5. The van der Waals surface area contributed by atoms with Crippen LogP contribution in [0, 0.1) is 0 Å². The van der Waals surface area contributed by atoms with Crippen LogP contribution in [0.15, 0.2) is 161 Å². The maximum Gasteiger partial charge on any atom is 0.227 e. The zero-order valence-corrected chi connectivity index (χ0v) is 23.8. The van der Waals surface area contributed by atoms with E-state index < -0.39 is 0 Å². The second kappa shape index (κ2) is 11.4. The van der Waals surface area contributed by atoms with Gasteiger partial charge in [0.1, 0.15) is 5.52 Å². The van der Waals surface area contributed by atoms with Crippen molar-refractivity contribution in [1.82, 2.24) is 4.98 Å². The molecule has 0 saturated heterocycles. The average molecular weight is 555 g/mol. The van der Waals surface area contributed by atoms with Gasteiger partial charge in [0.05, 0.1) is 0 Å². The highest BCUT2D eigenvalue weighted by Gasteiger charge is 2.14. The lowest BCUT2D eigenvalue weighted by atomic mass is 9.91. The van der Waals surface area contributed by atoms with Crippen LogP contribution < -0.4 is 0 Å². The van der Waals surface area contributed by atoms with Gasteiger partial charge < -0.3 is 4.42 Å². The van der Waals surface area contributed by atoms with Crippen LogP contribution in [-0.2, 0) is 0 Å². The van der Waals surface area contributed by atoms with E-state index in [0.29, 0.717) is 5.89 Å². The zero-order valence-electron chi connectivity index (χ0n) is 23.8. The fourth-order valence-electron chi connectivity index (χ4n) is 5.76. The molecule has 5 aromatic carbocycles. The fourth-order valence-corrected chi connectivity index (χ4v) is 5.76. The molecular weight excluding hydrogens is 524 g/mol. The minimum absolute atomic E-state index is 0.614. The van der Waals surface area contributed by atoms with Crippen molar-refractivity contribution in [2.75, 3.05) is 0 Å². The Kier molecular flexibility index (Phi) is 6.98. The highest BCUT2D eigenvalue weighted by atomic mass is 16.3. The molecule has 0 radical (unpaired) electrons. The van der Waals surface area contributed by atoms with E-state index in [-0.39, 0.29) is 0 Å². The van der Waals surface area contributed by atoms with Crippen LogP contribution in [0.25, 0.3) is 61.2 Å². The third-order valence-electron chi connectivity index (χ3n) is 8.01. The summed E-state index contributed by atoms with van der Waals surface area (Å²) in [5.74, 6) is 0.614. The van der Waals surface area contributed by atoms with Crippen molar-refractivity contribution in [3.05, 3.63) is 157 Å². The van der Waals surface area contributed by atoms with Gasteiger partial charge in [0.2, 0.25) is 5.89 Å². The average Bonchev–Trinajstić information content (AvgIpc) is 3.51. The van der Waals surface area contributed by atoms with E-state index in [2.05, 4.69) is 127 Å². The van der Waals surface area contributed by atoms with Gasteiger partial charge in [0.15, 0.2) is 5.58 Å². The Bertz CT molecular complexity index is 2100. The van der Waals surface area contributed by atoms with Crippen LogP contribution in [0.1, 0.15) is 18.4 Å². The number of hydrogen-bond donors (Lipinski definition) is 0. The van der Waals surface area contributed by atoms with Crippen LogP contribution in [-0.4, -0.2) is 11.2 Å². The highest BCUT2D eigenvalue weighted by molar-refractivity contribution is 5.97. The number of aromatic nitrogens is 1. The molecule has 206 valence electrons. The van der Waals surface area contributed by atoms with Gasteiger partial charge in [-0.05, 0) is 92.4 Å². The summed E-state index contributed by atoms with van der Waals surface area (Å²) in [7, 11) is 0. The van der Waals surface area contributed by atoms with Gasteiger partial charge >= 0.3 is 0 Å². The molecule has 1 aromatic heterocycles. The SMILES string of the molecule is C=CN=CC(=C)C1=CC(c2cccc(-c3nc4cc(-c5ccc(-c6cccc7ccccc67)cc5)ccc4o3)c2)=CCC1. The Morgan fingerprint density at radius 3 is 2.42 bits per heavy atom. The summed E-state index contributed by atoms with van der Waals surface area (Å²) in [6, 6.07) is 38.3. The molecule has 1 aliphatic carbocycles. The number of benzene rings is 5. The molecular formula is C40H30N2O. The van der Waals surface area contributed by atoms with Gasteiger partial charge in [0, 0.05) is 18.0 Å². The molecule has 3 nitrogen and oxygen atoms in total. The molecule has 43 heavy (non-hydrogen) atoms. The standard InChI is InChI=1S/C40H30N2O/c1-3-41-26-27(2)31-11-6-12-32(23-31)33-13-7-14-35(24-33)40-42-38-25-34(21-22-39(38)43-40)28-17-19-30(20-18-28)37-16-8-10-29-9-4-5-15-36(29)37/h3-5,7-10,12-26H,1-2,6,11H2. The Morgan fingerprint density at radius 2 is 1.53 bits per heavy atom. The van der Waals surface area contributed by atoms with Gasteiger partial charge in [-0.3, -0.25) is 4.99 Å². The minimum atomic E-state index is 0.614. The number of rotatable bonds is 7. The molecule has 0 atom stereocenters. The predicted octanol–water partition coefficient (Wildman–Crippen LogP) is 10.9. The first-order valence-electron chi connectivity index (χ1n) is 14.5. The molecule has 3 heteroatoms. The maximum atomic E-state index is 6.22. The van der Waals surface area contributed by atoms with Crippen molar-refractivity contribution in [3.63, 3.8) is 0 Å². The van der Waals surface area contributed by atoms with Crippen LogP contribution in [0.2, 0.25) is 0 Å². The fraction of sp³-hybridized carbons (Fsp3) is 0.0500. The minimum Gasteiger partial charge on any atom is -0.436 e. The number of allylic oxidation sites excluding steroid dienone is 5. The van der Waals surface area contributed by atoms with E-state index in [4.69, 9.17) is 9.40 Å². The Labute approximate surface area is 251 Å². The molecule has 6 aromatic rings. The molecule has 0 spiro atoms. The largest absolute Gasteiger partial charge is 0.436 e. The summed E-state index contributed by atoms with van der Waals surface area (Å²) in [5, 5.41) is 2.51. The smallest absolute Gasteiger partial charge is 0.227 e. The first kappa shape index (κ1) is 26.4. The zero-order chi connectivity index (χ0) is 29.2. The lowest BCUT2D eigenvalue weighted by Gasteiger charge is -2.14. The van der Waals surface area contributed by atoms with Crippen LogP contribution in [0.5, 0.6) is 0 Å². The Morgan fingerprint density at radius 1 is 0.767 bits per heavy atom. The first-order chi connectivity index (χ1) is 21.2.